The van der Waals surface area contributed by atoms with Crippen LogP contribution in [0.4, 0.5) is 5.69 Å². The number of para-hydroxylation sites is 1. The van der Waals surface area contributed by atoms with Crippen molar-refractivity contribution in [3.05, 3.63) is 51.2 Å². The number of aryl methyl sites for hydroxylation is 1. The number of amides is 1. The molecule has 5 heteroatoms. The molecular formula is C15H15ClN2OS. The van der Waals surface area contributed by atoms with Crippen LogP contribution < -0.4 is 10.6 Å². The molecule has 1 aromatic carbocycles. The highest BCUT2D eigenvalue weighted by atomic mass is 35.5. The van der Waals surface area contributed by atoms with Crippen molar-refractivity contribution < 1.29 is 4.79 Å². The Morgan fingerprint density at radius 2 is 2.15 bits per heavy atom. The first-order chi connectivity index (χ1) is 9.72. The standard InChI is InChI=1S/C15H15ClN2OS/c16-14-8-6-11(20-14)9-17-13-7-5-10-3-1-2-4-12(10)18-15(13)19/h1-4,6,8,13,17H,5,7,9H2,(H,18,19). The highest BCUT2D eigenvalue weighted by molar-refractivity contribution is 7.16. The van der Waals surface area contributed by atoms with Crippen molar-refractivity contribution in [2.45, 2.75) is 25.4 Å². The van der Waals surface area contributed by atoms with E-state index in [0.717, 1.165) is 27.7 Å². The quantitative estimate of drug-likeness (QED) is 0.912. The van der Waals surface area contributed by atoms with E-state index < -0.39 is 0 Å². The molecule has 3 nitrogen and oxygen atoms in total. The van der Waals surface area contributed by atoms with Gasteiger partial charge in [0.05, 0.1) is 10.4 Å². The summed E-state index contributed by atoms with van der Waals surface area (Å²) in [6.07, 6.45) is 1.71. The number of carbonyl (C=O) groups excluding carboxylic acids is 1. The van der Waals surface area contributed by atoms with Gasteiger partial charge in [0.15, 0.2) is 0 Å². The van der Waals surface area contributed by atoms with Crippen LogP contribution in [0.25, 0.3) is 0 Å². The summed E-state index contributed by atoms with van der Waals surface area (Å²) >= 11 is 7.45. The first-order valence-corrected chi connectivity index (χ1v) is 7.78. The maximum absolute atomic E-state index is 12.2. The fraction of sp³-hybridized carbons (Fsp3) is 0.267. The second-order valence-corrected chi connectivity index (χ2v) is 6.62. The maximum Gasteiger partial charge on any atom is 0.241 e. The Bertz CT molecular complexity index is 626. The average Bonchev–Trinajstić information content (AvgIpc) is 2.78. The van der Waals surface area contributed by atoms with Crippen molar-refractivity contribution >= 4 is 34.5 Å². The van der Waals surface area contributed by atoms with Gasteiger partial charge in [0.25, 0.3) is 0 Å². The molecule has 1 aliphatic rings. The number of carbonyl (C=O) groups is 1. The minimum atomic E-state index is -0.164. The molecule has 0 saturated carbocycles. The number of hydrogen-bond acceptors (Lipinski definition) is 3. The summed E-state index contributed by atoms with van der Waals surface area (Å²) in [5.41, 5.74) is 2.13. The van der Waals surface area contributed by atoms with E-state index >= 15 is 0 Å². The van der Waals surface area contributed by atoms with Gasteiger partial charge in [-0.05, 0) is 36.6 Å². The Balaban J connectivity index is 1.65. The first kappa shape index (κ1) is 13.6. The third kappa shape index (κ3) is 3.03. The number of halogens is 1. The van der Waals surface area contributed by atoms with Gasteiger partial charge in [0, 0.05) is 17.1 Å². The normalized spacial score (nSPS) is 18.2. The average molecular weight is 307 g/mol. The molecular weight excluding hydrogens is 292 g/mol. The van der Waals surface area contributed by atoms with Crippen LogP contribution in [-0.2, 0) is 17.8 Å². The van der Waals surface area contributed by atoms with Crippen LogP contribution in [0.3, 0.4) is 0 Å². The molecule has 3 rings (SSSR count). The second-order valence-electron chi connectivity index (χ2n) is 4.82. The number of anilines is 1. The highest BCUT2D eigenvalue weighted by Gasteiger charge is 2.22. The van der Waals surface area contributed by atoms with Crippen molar-refractivity contribution in [3.63, 3.8) is 0 Å². The Labute approximate surface area is 127 Å². The fourth-order valence-electron chi connectivity index (χ4n) is 2.38. The van der Waals surface area contributed by atoms with Crippen molar-refractivity contribution in [1.82, 2.24) is 5.32 Å². The van der Waals surface area contributed by atoms with Crippen LogP contribution in [0.1, 0.15) is 16.9 Å². The summed E-state index contributed by atoms with van der Waals surface area (Å²) in [6, 6.07) is 11.7. The lowest BCUT2D eigenvalue weighted by Crippen LogP contribution is -2.39. The van der Waals surface area contributed by atoms with Crippen LogP contribution in [0.5, 0.6) is 0 Å². The van der Waals surface area contributed by atoms with Gasteiger partial charge in [-0.3, -0.25) is 4.79 Å². The zero-order valence-electron chi connectivity index (χ0n) is 10.9. The van der Waals surface area contributed by atoms with Gasteiger partial charge < -0.3 is 10.6 Å². The minimum Gasteiger partial charge on any atom is -0.324 e. The molecule has 2 heterocycles. The van der Waals surface area contributed by atoms with Crippen LogP contribution in [-0.4, -0.2) is 11.9 Å². The largest absolute Gasteiger partial charge is 0.324 e. The third-order valence-corrected chi connectivity index (χ3v) is 4.68. The number of rotatable bonds is 3. The number of fused-ring (bicyclic) bond motifs is 1. The molecule has 1 amide bonds. The topological polar surface area (TPSA) is 41.1 Å². The van der Waals surface area contributed by atoms with Crippen molar-refractivity contribution in [1.29, 1.82) is 0 Å². The van der Waals surface area contributed by atoms with Crippen molar-refractivity contribution in [2.75, 3.05) is 5.32 Å². The Kier molecular flexibility index (Phi) is 4.05. The molecule has 0 bridgehead atoms. The fourth-order valence-corrected chi connectivity index (χ4v) is 3.41. The predicted molar refractivity (Wildman–Crippen MR) is 83.3 cm³/mol. The molecule has 0 saturated heterocycles. The van der Waals surface area contributed by atoms with Gasteiger partial charge in [-0.1, -0.05) is 29.8 Å². The molecule has 0 fully saturated rings. The lowest BCUT2D eigenvalue weighted by molar-refractivity contribution is -0.118. The Hall–Kier alpha value is -1.36. The molecule has 0 spiro atoms. The van der Waals surface area contributed by atoms with Gasteiger partial charge in [-0.2, -0.15) is 0 Å². The van der Waals surface area contributed by atoms with Crippen LogP contribution >= 0.6 is 22.9 Å². The summed E-state index contributed by atoms with van der Waals surface area (Å²) in [6.45, 7) is 0.672. The number of benzene rings is 1. The predicted octanol–water partition coefficient (Wildman–Crippen LogP) is 3.44. The van der Waals surface area contributed by atoms with Gasteiger partial charge in [0.2, 0.25) is 5.91 Å². The molecule has 1 aromatic heterocycles. The van der Waals surface area contributed by atoms with Crippen LogP contribution in [0.2, 0.25) is 4.34 Å². The van der Waals surface area contributed by atoms with Crippen molar-refractivity contribution in [2.24, 2.45) is 0 Å². The maximum atomic E-state index is 12.2. The van der Waals surface area contributed by atoms with E-state index in [9.17, 15) is 4.79 Å². The van der Waals surface area contributed by atoms with Gasteiger partial charge in [-0.15, -0.1) is 11.3 Å². The lowest BCUT2D eigenvalue weighted by atomic mass is 10.1. The third-order valence-electron chi connectivity index (χ3n) is 3.45. The SMILES string of the molecule is O=C1Nc2ccccc2CCC1NCc1ccc(Cl)s1. The van der Waals surface area contributed by atoms with Crippen LogP contribution in [0.15, 0.2) is 36.4 Å². The molecule has 1 unspecified atom stereocenters. The van der Waals surface area contributed by atoms with E-state index in [4.69, 9.17) is 11.6 Å². The van der Waals surface area contributed by atoms with Crippen LogP contribution in [0, 0.1) is 0 Å². The molecule has 20 heavy (non-hydrogen) atoms. The molecule has 0 radical (unpaired) electrons. The monoisotopic (exact) mass is 306 g/mol. The zero-order chi connectivity index (χ0) is 13.9. The summed E-state index contributed by atoms with van der Waals surface area (Å²) in [4.78, 5) is 13.4. The smallest absolute Gasteiger partial charge is 0.241 e. The summed E-state index contributed by atoms with van der Waals surface area (Å²) in [7, 11) is 0. The minimum absolute atomic E-state index is 0.0394. The Morgan fingerprint density at radius 3 is 2.95 bits per heavy atom. The summed E-state index contributed by atoms with van der Waals surface area (Å²) in [5.74, 6) is 0.0394. The molecule has 2 aromatic rings. The molecule has 2 N–H and O–H groups in total. The van der Waals surface area contributed by atoms with E-state index in [2.05, 4.69) is 16.7 Å². The molecule has 1 atom stereocenters. The molecule has 0 aliphatic carbocycles. The van der Waals surface area contributed by atoms with Crippen molar-refractivity contribution in [3.8, 4) is 0 Å². The zero-order valence-corrected chi connectivity index (χ0v) is 12.4. The Morgan fingerprint density at radius 1 is 1.30 bits per heavy atom. The number of thiophene rings is 1. The van der Waals surface area contributed by atoms with Gasteiger partial charge >= 0.3 is 0 Å². The lowest BCUT2D eigenvalue weighted by Gasteiger charge is -2.14. The molecule has 104 valence electrons. The molecule has 1 aliphatic heterocycles. The van der Waals surface area contributed by atoms with E-state index in [1.807, 2.05) is 30.3 Å². The number of hydrogen-bond donors (Lipinski definition) is 2. The summed E-state index contributed by atoms with van der Waals surface area (Å²) in [5, 5.41) is 6.31. The van der Waals surface area contributed by atoms with E-state index in [1.165, 1.54) is 5.56 Å². The number of nitrogens with one attached hydrogen (secondary N) is 2. The van der Waals surface area contributed by atoms with Gasteiger partial charge in [-0.25, -0.2) is 0 Å². The summed E-state index contributed by atoms with van der Waals surface area (Å²) < 4.78 is 0.777. The van der Waals surface area contributed by atoms with E-state index in [-0.39, 0.29) is 11.9 Å². The highest BCUT2D eigenvalue weighted by Crippen LogP contribution is 2.23. The second kappa shape index (κ2) is 5.95. The van der Waals surface area contributed by atoms with E-state index in [1.54, 1.807) is 11.3 Å². The van der Waals surface area contributed by atoms with Gasteiger partial charge in [0.1, 0.15) is 0 Å². The van der Waals surface area contributed by atoms with E-state index in [0.29, 0.717) is 6.54 Å². The first-order valence-electron chi connectivity index (χ1n) is 6.59.